The molecule has 0 saturated heterocycles. The third-order valence-corrected chi connectivity index (χ3v) is 4.82. The number of nitrogens with one attached hydrogen (secondary N) is 2. The SMILES string of the molecule is COc1cccc(CN(C)C(=O)Nc2ccc(-c3cn[nH]c3)cc2Oc2cccnc2)c1. The number of hydrogen-bond acceptors (Lipinski definition) is 5. The van der Waals surface area contributed by atoms with Gasteiger partial charge in [0.1, 0.15) is 11.5 Å². The summed E-state index contributed by atoms with van der Waals surface area (Å²) in [6, 6.07) is 16.5. The lowest BCUT2D eigenvalue weighted by Crippen LogP contribution is -2.30. The highest BCUT2D eigenvalue weighted by Crippen LogP contribution is 2.34. The summed E-state index contributed by atoms with van der Waals surface area (Å²) in [5.74, 6) is 1.82. The molecule has 0 aliphatic heterocycles. The molecule has 0 unspecified atom stereocenters. The number of urea groups is 1. The molecular weight excluding hydrogens is 406 g/mol. The van der Waals surface area contributed by atoms with Crippen LogP contribution in [0.2, 0.25) is 0 Å². The van der Waals surface area contributed by atoms with Crippen molar-refractivity contribution in [1.82, 2.24) is 20.1 Å². The molecule has 2 heterocycles. The van der Waals surface area contributed by atoms with Gasteiger partial charge in [-0.3, -0.25) is 10.1 Å². The minimum absolute atomic E-state index is 0.264. The molecule has 8 nitrogen and oxygen atoms in total. The average Bonchev–Trinajstić information content (AvgIpc) is 3.36. The summed E-state index contributed by atoms with van der Waals surface area (Å²) in [6.45, 7) is 0.426. The number of carbonyl (C=O) groups excluding carboxylic acids is 1. The molecule has 32 heavy (non-hydrogen) atoms. The molecule has 2 aromatic carbocycles. The van der Waals surface area contributed by atoms with Crippen molar-refractivity contribution in [1.29, 1.82) is 0 Å². The quantitative estimate of drug-likeness (QED) is 0.434. The number of aromatic amines is 1. The molecule has 0 fully saturated rings. The maximum absolute atomic E-state index is 12.9. The van der Waals surface area contributed by atoms with Crippen molar-refractivity contribution in [3.8, 4) is 28.4 Å². The Morgan fingerprint density at radius 2 is 1.94 bits per heavy atom. The second-order valence-electron chi connectivity index (χ2n) is 7.13. The zero-order valence-corrected chi connectivity index (χ0v) is 17.8. The van der Waals surface area contributed by atoms with Gasteiger partial charge < -0.3 is 19.7 Å². The maximum Gasteiger partial charge on any atom is 0.321 e. The second kappa shape index (κ2) is 9.65. The number of methoxy groups -OCH3 is 1. The van der Waals surface area contributed by atoms with Crippen LogP contribution in [-0.2, 0) is 6.54 Å². The first kappa shape index (κ1) is 20.9. The van der Waals surface area contributed by atoms with Crippen LogP contribution >= 0.6 is 0 Å². The molecule has 0 radical (unpaired) electrons. The lowest BCUT2D eigenvalue weighted by Gasteiger charge is -2.20. The largest absolute Gasteiger partial charge is 0.497 e. The number of anilines is 1. The third kappa shape index (κ3) is 5.04. The van der Waals surface area contributed by atoms with Crippen molar-refractivity contribution in [3.63, 3.8) is 0 Å². The highest BCUT2D eigenvalue weighted by Gasteiger charge is 2.15. The van der Waals surface area contributed by atoms with Gasteiger partial charge in [0.15, 0.2) is 5.75 Å². The molecule has 2 aromatic heterocycles. The standard InChI is InChI=1S/C24H23N5O3/c1-29(16-17-5-3-6-20(11-17)31-2)24(30)28-22-9-8-18(19-13-26-27-14-19)12-23(22)32-21-7-4-10-25-15-21/h3-15H,16H2,1-2H3,(H,26,27)(H,28,30). The summed E-state index contributed by atoms with van der Waals surface area (Å²) in [5, 5.41) is 9.74. The van der Waals surface area contributed by atoms with Crippen molar-refractivity contribution >= 4 is 11.7 Å². The molecule has 162 valence electrons. The Balaban J connectivity index is 1.55. The summed E-state index contributed by atoms with van der Waals surface area (Å²) in [4.78, 5) is 18.6. The van der Waals surface area contributed by atoms with Gasteiger partial charge >= 0.3 is 6.03 Å². The second-order valence-corrected chi connectivity index (χ2v) is 7.13. The molecule has 4 aromatic rings. The summed E-state index contributed by atoms with van der Waals surface area (Å²) in [5.41, 5.74) is 3.32. The predicted molar refractivity (Wildman–Crippen MR) is 122 cm³/mol. The van der Waals surface area contributed by atoms with Crippen LogP contribution in [0.15, 0.2) is 79.4 Å². The number of hydrogen-bond donors (Lipinski definition) is 2. The van der Waals surface area contributed by atoms with E-state index < -0.39 is 0 Å². The van der Waals surface area contributed by atoms with Gasteiger partial charge in [0.05, 0.1) is 25.2 Å². The number of pyridine rings is 1. The summed E-state index contributed by atoms with van der Waals surface area (Å²) >= 11 is 0. The van der Waals surface area contributed by atoms with Crippen LogP contribution in [0.1, 0.15) is 5.56 Å². The van der Waals surface area contributed by atoms with Crippen molar-refractivity contribution < 1.29 is 14.3 Å². The van der Waals surface area contributed by atoms with E-state index in [2.05, 4.69) is 20.5 Å². The molecule has 0 spiro atoms. The minimum atomic E-state index is -0.264. The van der Waals surface area contributed by atoms with E-state index in [-0.39, 0.29) is 6.03 Å². The molecule has 0 atom stereocenters. The molecule has 2 amide bonds. The van der Waals surface area contributed by atoms with Crippen molar-refractivity contribution in [2.45, 2.75) is 6.54 Å². The molecule has 2 N–H and O–H groups in total. The van der Waals surface area contributed by atoms with E-state index in [1.54, 1.807) is 56.0 Å². The highest BCUT2D eigenvalue weighted by molar-refractivity contribution is 5.91. The van der Waals surface area contributed by atoms with Gasteiger partial charge in [-0.2, -0.15) is 5.10 Å². The van der Waals surface area contributed by atoms with Gasteiger partial charge in [-0.05, 0) is 47.5 Å². The number of benzene rings is 2. The van der Waals surface area contributed by atoms with Crippen LogP contribution in [0.25, 0.3) is 11.1 Å². The van der Waals surface area contributed by atoms with Gasteiger partial charge in [0.25, 0.3) is 0 Å². The summed E-state index contributed by atoms with van der Waals surface area (Å²) in [6.07, 6.45) is 6.81. The smallest absolute Gasteiger partial charge is 0.321 e. The van der Waals surface area contributed by atoms with Gasteiger partial charge in [-0.25, -0.2) is 4.79 Å². The number of H-pyrrole nitrogens is 1. The zero-order valence-electron chi connectivity index (χ0n) is 17.8. The molecule has 0 aliphatic rings. The van der Waals surface area contributed by atoms with E-state index in [4.69, 9.17) is 9.47 Å². The van der Waals surface area contributed by atoms with Crippen molar-refractivity contribution in [2.75, 3.05) is 19.5 Å². The molecule has 0 saturated carbocycles. The lowest BCUT2D eigenvalue weighted by molar-refractivity contribution is 0.220. The number of ether oxygens (including phenoxy) is 2. The molecular formula is C24H23N5O3. The van der Waals surface area contributed by atoms with E-state index in [9.17, 15) is 4.79 Å². The number of rotatable bonds is 7. The molecule has 8 heteroatoms. The Hall–Kier alpha value is -4.33. The Morgan fingerprint density at radius 3 is 2.69 bits per heavy atom. The van der Waals surface area contributed by atoms with Crippen LogP contribution in [0.4, 0.5) is 10.5 Å². The van der Waals surface area contributed by atoms with Gasteiger partial charge in [-0.15, -0.1) is 0 Å². The Bertz CT molecular complexity index is 1180. The fourth-order valence-corrected chi connectivity index (χ4v) is 3.16. The number of amides is 2. The van der Waals surface area contributed by atoms with Crippen LogP contribution in [0.3, 0.4) is 0 Å². The van der Waals surface area contributed by atoms with E-state index >= 15 is 0 Å². The first-order valence-corrected chi connectivity index (χ1v) is 9.98. The fraction of sp³-hybridized carbons (Fsp3) is 0.125. The fourth-order valence-electron chi connectivity index (χ4n) is 3.16. The first-order valence-electron chi connectivity index (χ1n) is 9.98. The van der Waals surface area contributed by atoms with Crippen molar-refractivity contribution in [3.05, 3.63) is 84.9 Å². The van der Waals surface area contributed by atoms with E-state index in [0.29, 0.717) is 23.7 Å². The first-order chi connectivity index (χ1) is 15.6. The lowest BCUT2D eigenvalue weighted by atomic mass is 10.1. The van der Waals surface area contributed by atoms with E-state index in [1.807, 2.05) is 42.5 Å². The van der Waals surface area contributed by atoms with Crippen LogP contribution in [0, 0.1) is 0 Å². The Labute approximate surface area is 185 Å². The normalized spacial score (nSPS) is 10.4. The third-order valence-electron chi connectivity index (χ3n) is 4.82. The minimum Gasteiger partial charge on any atom is -0.497 e. The summed E-state index contributed by atoms with van der Waals surface area (Å²) in [7, 11) is 3.35. The predicted octanol–water partition coefficient (Wildman–Crippen LogP) is 4.94. The van der Waals surface area contributed by atoms with Gasteiger partial charge in [0.2, 0.25) is 0 Å². The van der Waals surface area contributed by atoms with Gasteiger partial charge in [-0.1, -0.05) is 18.2 Å². The topological polar surface area (TPSA) is 92.4 Å². The number of carbonyl (C=O) groups is 1. The summed E-state index contributed by atoms with van der Waals surface area (Å²) < 4.78 is 11.3. The van der Waals surface area contributed by atoms with Crippen molar-refractivity contribution in [2.24, 2.45) is 0 Å². The zero-order chi connectivity index (χ0) is 22.3. The molecule has 0 aliphatic carbocycles. The van der Waals surface area contributed by atoms with E-state index in [1.165, 1.54) is 0 Å². The highest BCUT2D eigenvalue weighted by atomic mass is 16.5. The van der Waals surface area contributed by atoms with E-state index in [0.717, 1.165) is 22.4 Å². The molecule has 4 rings (SSSR count). The van der Waals surface area contributed by atoms with Crippen LogP contribution in [0.5, 0.6) is 17.2 Å². The monoisotopic (exact) mass is 429 g/mol. The maximum atomic E-state index is 12.9. The van der Waals surface area contributed by atoms with Crippen LogP contribution in [-0.4, -0.2) is 40.3 Å². The number of aromatic nitrogens is 3. The van der Waals surface area contributed by atoms with Gasteiger partial charge in [0, 0.05) is 31.5 Å². The van der Waals surface area contributed by atoms with Crippen LogP contribution < -0.4 is 14.8 Å². The number of nitrogens with zero attached hydrogens (tertiary/aromatic N) is 3. The Kier molecular flexibility index (Phi) is 6.31. The average molecular weight is 429 g/mol. The molecule has 0 bridgehead atoms. The Morgan fingerprint density at radius 1 is 1.06 bits per heavy atom.